The molecule has 1 saturated heterocycles. The van der Waals surface area contributed by atoms with Gasteiger partial charge in [0.1, 0.15) is 5.75 Å². The Hall–Kier alpha value is -2.89. The van der Waals surface area contributed by atoms with Crippen LogP contribution in [-0.4, -0.2) is 34.8 Å². The Labute approximate surface area is 152 Å². The number of pyridine rings is 1. The lowest BCUT2D eigenvalue weighted by Crippen LogP contribution is -2.35. The van der Waals surface area contributed by atoms with E-state index in [1.807, 2.05) is 17.0 Å². The quantitative estimate of drug-likeness (QED) is 0.902. The molecule has 0 radical (unpaired) electrons. The number of nitrogens with one attached hydrogen (secondary N) is 1. The fraction of sp³-hybridized carbons (Fsp3) is 0.350. The van der Waals surface area contributed by atoms with Crippen molar-refractivity contribution in [3.63, 3.8) is 0 Å². The summed E-state index contributed by atoms with van der Waals surface area (Å²) in [6.45, 7) is 0.738. The molecule has 0 saturated carbocycles. The summed E-state index contributed by atoms with van der Waals surface area (Å²) in [6.07, 6.45) is 7.71. The number of hydrogen-bond donors (Lipinski definition) is 1. The molecule has 1 unspecified atom stereocenters. The zero-order valence-corrected chi connectivity index (χ0v) is 14.5. The van der Waals surface area contributed by atoms with Crippen molar-refractivity contribution in [3.05, 3.63) is 53.9 Å². The van der Waals surface area contributed by atoms with Crippen LogP contribution in [0.25, 0.3) is 0 Å². The van der Waals surface area contributed by atoms with Gasteiger partial charge in [0.15, 0.2) is 6.61 Å². The van der Waals surface area contributed by atoms with E-state index >= 15 is 0 Å². The van der Waals surface area contributed by atoms with Crippen molar-refractivity contribution in [3.8, 4) is 5.75 Å². The molecule has 1 atom stereocenters. The molecule has 0 aliphatic carbocycles. The maximum atomic E-state index is 13.3. The van der Waals surface area contributed by atoms with E-state index in [0.29, 0.717) is 17.0 Å². The molecular weight excluding hydrogens is 330 g/mol. The van der Waals surface area contributed by atoms with Gasteiger partial charge in [0.05, 0.1) is 11.7 Å². The van der Waals surface area contributed by atoms with E-state index in [0.717, 1.165) is 37.8 Å². The summed E-state index contributed by atoms with van der Waals surface area (Å²) in [5.74, 6) is 0.380. The van der Waals surface area contributed by atoms with Crippen molar-refractivity contribution in [2.45, 2.75) is 31.7 Å². The van der Waals surface area contributed by atoms with Gasteiger partial charge in [-0.1, -0.05) is 12.8 Å². The van der Waals surface area contributed by atoms with E-state index in [-0.39, 0.29) is 24.5 Å². The van der Waals surface area contributed by atoms with Crippen LogP contribution in [0.1, 0.15) is 47.6 Å². The van der Waals surface area contributed by atoms with E-state index < -0.39 is 0 Å². The van der Waals surface area contributed by atoms with Gasteiger partial charge in [-0.15, -0.1) is 0 Å². The van der Waals surface area contributed by atoms with Gasteiger partial charge in [-0.3, -0.25) is 14.6 Å². The standard InChI is InChI=1S/C20H21N3O3/c24-19-13-26-18-6-5-15(12-16(18)22-19)20(25)23-11-3-1-2-4-17(23)14-7-9-21-10-8-14/h5-10,12,17H,1-4,11,13H2,(H,22,24). The summed E-state index contributed by atoms with van der Waals surface area (Å²) in [5, 5.41) is 2.77. The highest BCUT2D eigenvalue weighted by Gasteiger charge is 2.28. The molecule has 2 aliphatic rings. The molecule has 0 spiro atoms. The highest BCUT2D eigenvalue weighted by atomic mass is 16.5. The number of nitrogens with zero attached hydrogens (tertiary/aromatic N) is 2. The van der Waals surface area contributed by atoms with Crippen LogP contribution in [-0.2, 0) is 4.79 Å². The van der Waals surface area contributed by atoms with Crippen LogP contribution in [0.2, 0.25) is 0 Å². The highest BCUT2D eigenvalue weighted by molar-refractivity contribution is 6.00. The Kier molecular flexibility index (Phi) is 4.56. The summed E-state index contributed by atoms with van der Waals surface area (Å²) in [6, 6.07) is 9.25. The Morgan fingerprint density at radius 2 is 2.00 bits per heavy atom. The average Bonchev–Trinajstić information content (AvgIpc) is 2.93. The normalized spacial score (nSPS) is 19.8. The van der Waals surface area contributed by atoms with Crippen LogP contribution in [0.3, 0.4) is 0 Å². The lowest BCUT2D eigenvalue weighted by Gasteiger charge is -2.31. The Morgan fingerprint density at radius 3 is 2.85 bits per heavy atom. The molecule has 3 heterocycles. The number of amides is 2. The summed E-state index contributed by atoms with van der Waals surface area (Å²) in [5.41, 5.74) is 2.24. The molecule has 0 bridgehead atoms. The molecule has 134 valence electrons. The van der Waals surface area contributed by atoms with Gasteiger partial charge in [0.25, 0.3) is 11.8 Å². The maximum Gasteiger partial charge on any atom is 0.262 e. The summed E-state index contributed by atoms with van der Waals surface area (Å²) < 4.78 is 5.38. The van der Waals surface area contributed by atoms with Crippen LogP contribution >= 0.6 is 0 Å². The van der Waals surface area contributed by atoms with Gasteiger partial charge in [0, 0.05) is 24.5 Å². The molecule has 6 heteroatoms. The van der Waals surface area contributed by atoms with Gasteiger partial charge in [-0.25, -0.2) is 0 Å². The number of benzene rings is 1. The van der Waals surface area contributed by atoms with E-state index in [1.54, 1.807) is 30.6 Å². The number of likely N-dealkylation sites (tertiary alicyclic amines) is 1. The second kappa shape index (κ2) is 7.15. The van der Waals surface area contributed by atoms with Crippen LogP contribution in [0.5, 0.6) is 5.75 Å². The Balaban J connectivity index is 1.64. The third kappa shape index (κ3) is 3.27. The smallest absolute Gasteiger partial charge is 0.262 e. The fourth-order valence-electron chi connectivity index (χ4n) is 3.67. The monoisotopic (exact) mass is 351 g/mol. The van der Waals surface area contributed by atoms with Gasteiger partial charge in [-0.2, -0.15) is 0 Å². The molecule has 6 nitrogen and oxygen atoms in total. The third-order valence-corrected chi connectivity index (χ3v) is 4.96. The van der Waals surface area contributed by atoms with Crippen molar-refractivity contribution < 1.29 is 14.3 Å². The lowest BCUT2D eigenvalue weighted by atomic mass is 10.0. The first-order valence-electron chi connectivity index (χ1n) is 9.00. The van der Waals surface area contributed by atoms with Crippen LogP contribution in [0.15, 0.2) is 42.7 Å². The van der Waals surface area contributed by atoms with Gasteiger partial charge < -0.3 is 15.0 Å². The number of ether oxygens (including phenoxy) is 1. The van der Waals surface area contributed by atoms with Crippen molar-refractivity contribution in [1.82, 2.24) is 9.88 Å². The van der Waals surface area contributed by atoms with E-state index in [4.69, 9.17) is 4.74 Å². The van der Waals surface area contributed by atoms with Crippen LogP contribution in [0.4, 0.5) is 5.69 Å². The maximum absolute atomic E-state index is 13.3. The summed E-state index contributed by atoms with van der Waals surface area (Å²) >= 11 is 0. The number of rotatable bonds is 2. The lowest BCUT2D eigenvalue weighted by molar-refractivity contribution is -0.118. The first-order chi connectivity index (χ1) is 12.7. The first kappa shape index (κ1) is 16.6. The number of fused-ring (bicyclic) bond motifs is 1. The minimum absolute atomic E-state index is 0.0105. The van der Waals surface area contributed by atoms with E-state index in [9.17, 15) is 9.59 Å². The number of aromatic nitrogens is 1. The summed E-state index contributed by atoms with van der Waals surface area (Å²) in [4.78, 5) is 30.9. The molecule has 1 aromatic carbocycles. The van der Waals surface area contributed by atoms with Crippen LogP contribution in [0, 0.1) is 0 Å². The molecular formula is C20H21N3O3. The highest BCUT2D eigenvalue weighted by Crippen LogP contribution is 2.33. The largest absolute Gasteiger partial charge is 0.482 e. The van der Waals surface area contributed by atoms with Crippen molar-refractivity contribution >= 4 is 17.5 Å². The third-order valence-electron chi connectivity index (χ3n) is 4.96. The average molecular weight is 351 g/mol. The topological polar surface area (TPSA) is 71.5 Å². The predicted octanol–water partition coefficient (Wildman–Crippen LogP) is 3.17. The van der Waals surface area contributed by atoms with E-state index in [2.05, 4.69) is 10.3 Å². The van der Waals surface area contributed by atoms with Crippen LogP contribution < -0.4 is 10.1 Å². The SMILES string of the molecule is O=C1COc2ccc(C(=O)N3CCCCCC3c3ccncc3)cc2N1. The molecule has 2 aromatic rings. The number of carbonyl (C=O) groups is 2. The molecule has 4 rings (SSSR count). The number of carbonyl (C=O) groups excluding carboxylic acids is 2. The number of hydrogen-bond acceptors (Lipinski definition) is 4. The molecule has 1 N–H and O–H groups in total. The van der Waals surface area contributed by atoms with Gasteiger partial charge in [-0.05, 0) is 48.7 Å². The zero-order chi connectivity index (χ0) is 17.9. The van der Waals surface area contributed by atoms with Crippen molar-refractivity contribution in [2.24, 2.45) is 0 Å². The van der Waals surface area contributed by atoms with Crippen molar-refractivity contribution in [1.29, 1.82) is 0 Å². The summed E-state index contributed by atoms with van der Waals surface area (Å²) in [7, 11) is 0. The predicted molar refractivity (Wildman–Crippen MR) is 97.0 cm³/mol. The fourth-order valence-corrected chi connectivity index (χ4v) is 3.67. The Bertz CT molecular complexity index is 822. The number of anilines is 1. The molecule has 1 fully saturated rings. The first-order valence-corrected chi connectivity index (χ1v) is 9.00. The second-order valence-electron chi connectivity index (χ2n) is 6.69. The second-order valence-corrected chi connectivity index (χ2v) is 6.69. The van der Waals surface area contributed by atoms with Crippen molar-refractivity contribution in [2.75, 3.05) is 18.5 Å². The minimum atomic E-state index is -0.202. The molecule has 2 amide bonds. The molecule has 1 aromatic heterocycles. The molecule has 2 aliphatic heterocycles. The minimum Gasteiger partial charge on any atom is -0.482 e. The van der Waals surface area contributed by atoms with Gasteiger partial charge >= 0.3 is 0 Å². The Morgan fingerprint density at radius 1 is 1.15 bits per heavy atom. The zero-order valence-electron chi connectivity index (χ0n) is 14.5. The molecule has 26 heavy (non-hydrogen) atoms. The van der Waals surface area contributed by atoms with Gasteiger partial charge in [0.2, 0.25) is 0 Å². The van der Waals surface area contributed by atoms with E-state index in [1.165, 1.54) is 0 Å².